The smallest absolute Gasteiger partial charge is 0.237 e. The van der Waals surface area contributed by atoms with Crippen molar-refractivity contribution >= 4 is 40.1 Å². The molecule has 1 aliphatic rings. The van der Waals surface area contributed by atoms with E-state index in [1.54, 1.807) is 0 Å². The zero-order valence-corrected chi connectivity index (χ0v) is 19.2. The van der Waals surface area contributed by atoms with Crippen LogP contribution >= 0.6 is 11.8 Å². The molecule has 1 aliphatic heterocycles. The van der Waals surface area contributed by atoms with Crippen LogP contribution in [0, 0.1) is 5.92 Å². The largest absolute Gasteiger partial charge is 0.378 e. The minimum Gasteiger partial charge on any atom is -0.378 e. The van der Waals surface area contributed by atoms with Gasteiger partial charge in [0.25, 0.3) is 0 Å². The molecule has 0 bridgehead atoms. The third-order valence-corrected chi connectivity index (χ3v) is 6.42. The summed E-state index contributed by atoms with van der Waals surface area (Å²) < 4.78 is 7.64. The molecular weight excluding hydrogens is 408 g/mol. The molecule has 1 saturated heterocycles. The van der Waals surface area contributed by atoms with E-state index in [2.05, 4.69) is 46.8 Å². The second-order valence-electron chi connectivity index (χ2n) is 8.28. The number of imidazole rings is 1. The molecule has 1 N–H and O–H groups in total. The summed E-state index contributed by atoms with van der Waals surface area (Å²) in [6, 6.07) is 16.2. The molecule has 0 aliphatic carbocycles. The van der Waals surface area contributed by atoms with Crippen molar-refractivity contribution in [2.24, 2.45) is 5.92 Å². The van der Waals surface area contributed by atoms with Crippen LogP contribution in [-0.4, -0.2) is 47.0 Å². The van der Waals surface area contributed by atoms with Crippen molar-refractivity contribution < 1.29 is 9.53 Å². The van der Waals surface area contributed by atoms with Gasteiger partial charge >= 0.3 is 0 Å². The Hall–Kier alpha value is -2.51. The van der Waals surface area contributed by atoms with Gasteiger partial charge in [-0.3, -0.25) is 4.79 Å². The minimum atomic E-state index is -0.262. The van der Waals surface area contributed by atoms with Crippen molar-refractivity contribution in [3.8, 4) is 0 Å². The first-order valence-corrected chi connectivity index (χ1v) is 11.7. The Kier molecular flexibility index (Phi) is 6.83. The van der Waals surface area contributed by atoms with Gasteiger partial charge in [0.05, 0.1) is 29.5 Å². The first-order valence-electron chi connectivity index (χ1n) is 10.9. The number of benzene rings is 2. The molecule has 1 atom stereocenters. The van der Waals surface area contributed by atoms with Crippen LogP contribution in [-0.2, 0) is 16.1 Å². The molecule has 3 aromatic rings. The predicted molar refractivity (Wildman–Crippen MR) is 128 cm³/mol. The highest BCUT2D eigenvalue weighted by Crippen LogP contribution is 2.29. The topological polar surface area (TPSA) is 59.4 Å². The molecule has 0 spiro atoms. The Morgan fingerprint density at radius 2 is 1.81 bits per heavy atom. The van der Waals surface area contributed by atoms with Crippen molar-refractivity contribution in [3.05, 3.63) is 48.5 Å². The summed E-state index contributed by atoms with van der Waals surface area (Å²) in [7, 11) is 0. The highest BCUT2D eigenvalue weighted by atomic mass is 32.2. The summed E-state index contributed by atoms with van der Waals surface area (Å²) in [5.41, 5.74) is 4.05. The van der Waals surface area contributed by atoms with Gasteiger partial charge in [-0.1, -0.05) is 37.7 Å². The van der Waals surface area contributed by atoms with Gasteiger partial charge in [0, 0.05) is 31.0 Å². The fraction of sp³-hybridized carbons (Fsp3) is 0.417. The molecule has 1 aromatic heterocycles. The number of nitrogens with zero attached hydrogens (tertiary/aromatic N) is 3. The van der Waals surface area contributed by atoms with E-state index >= 15 is 0 Å². The summed E-state index contributed by atoms with van der Waals surface area (Å²) in [4.78, 5) is 19.9. The lowest BCUT2D eigenvalue weighted by Crippen LogP contribution is -2.36. The highest BCUT2D eigenvalue weighted by Gasteiger charge is 2.20. The Bertz CT molecular complexity index is 1030. The van der Waals surface area contributed by atoms with Gasteiger partial charge in [-0.05, 0) is 49.2 Å². The lowest BCUT2D eigenvalue weighted by Gasteiger charge is -2.28. The van der Waals surface area contributed by atoms with Crippen LogP contribution < -0.4 is 10.2 Å². The van der Waals surface area contributed by atoms with E-state index in [1.165, 1.54) is 11.8 Å². The monoisotopic (exact) mass is 438 g/mol. The lowest BCUT2D eigenvalue weighted by atomic mass is 10.2. The van der Waals surface area contributed by atoms with E-state index in [0.29, 0.717) is 5.92 Å². The summed E-state index contributed by atoms with van der Waals surface area (Å²) in [6.45, 7) is 10.5. The number of ether oxygens (including phenoxy) is 1. The molecule has 31 heavy (non-hydrogen) atoms. The van der Waals surface area contributed by atoms with Crippen molar-refractivity contribution in [1.82, 2.24) is 9.55 Å². The molecule has 1 amide bonds. The standard InChI is InChI=1S/C24H30N4O2S/c1-17(2)16-28-22-7-5-4-6-21(22)26-24(28)31-18(3)23(29)25-19-8-10-20(11-9-19)27-12-14-30-15-13-27/h4-11,17-18H,12-16H2,1-3H3,(H,25,29)/t18-/m0/s1. The van der Waals surface area contributed by atoms with Gasteiger partial charge < -0.3 is 19.5 Å². The van der Waals surface area contributed by atoms with Crippen LogP contribution in [0.4, 0.5) is 11.4 Å². The fourth-order valence-corrected chi connectivity index (χ4v) is 4.65. The second-order valence-corrected chi connectivity index (χ2v) is 9.59. The van der Waals surface area contributed by atoms with Gasteiger partial charge in [0.15, 0.2) is 5.16 Å². The highest BCUT2D eigenvalue weighted by molar-refractivity contribution is 8.00. The zero-order chi connectivity index (χ0) is 21.8. The summed E-state index contributed by atoms with van der Waals surface area (Å²) in [5.74, 6) is 0.471. The van der Waals surface area contributed by atoms with Crippen LogP contribution in [0.2, 0.25) is 0 Å². The number of fused-ring (bicyclic) bond motifs is 1. The van der Waals surface area contributed by atoms with Gasteiger partial charge in [0.2, 0.25) is 5.91 Å². The van der Waals surface area contributed by atoms with Crippen LogP contribution in [0.25, 0.3) is 11.0 Å². The molecular formula is C24H30N4O2S. The maximum absolute atomic E-state index is 12.9. The lowest BCUT2D eigenvalue weighted by molar-refractivity contribution is -0.115. The second kappa shape index (κ2) is 9.75. The maximum atomic E-state index is 12.9. The van der Waals surface area contributed by atoms with E-state index in [1.807, 2.05) is 37.3 Å². The van der Waals surface area contributed by atoms with Gasteiger partial charge in [-0.25, -0.2) is 4.98 Å². The minimum absolute atomic E-state index is 0.0210. The Labute approximate surface area is 188 Å². The molecule has 1 fully saturated rings. The van der Waals surface area contributed by atoms with E-state index in [-0.39, 0.29) is 11.2 Å². The Morgan fingerprint density at radius 1 is 1.10 bits per heavy atom. The fourth-order valence-electron chi connectivity index (χ4n) is 3.72. The molecule has 0 unspecified atom stereocenters. The zero-order valence-electron chi connectivity index (χ0n) is 18.4. The van der Waals surface area contributed by atoms with Crippen molar-refractivity contribution in [2.45, 2.75) is 37.7 Å². The molecule has 2 aromatic carbocycles. The number of carbonyl (C=O) groups is 1. The number of amides is 1. The molecule has 0 saturated carbocycles. The van der Waals surface area contributed by atoms with Crippen molar-refractivity contribution in [3.63, 3.8) is 0 Å². The van der Waals surface area contributed by atoms with Crippen molar-refractivity contribution in [1.29, 1.82) is 0 Å². The number of hydrogen-bond acceptors (Lipinski definition) is 5. The normalized spacial score (nSPS) is 15.4. The Morgan fingerprint density at radius 3 is 2.52 bits per heavy atom. The third-order valence-electron chi connectivity index (χ3n) is 5.33. The van der Waals surface area contributed by atoms with Crippen molar-refractivity contribution in [2.75, 3.05) is 36.5 Å². The number of carbonyl (C=O) groups excluding carboxylic acids is 1. The van der Waals surface area contributed by atoms with E-state index < -0.39 is 0 Å². The molecule has 4 rings (SSSR count). The molecule has 2 heterocycles. The quantitative estimate of drug-likeness (QED) is 0.544. The molecule has 7 heteroatoms. The van der Waals surface area contributed by atoms with E-state index in [9.17, 15) is 4.79 Å². The number of aromatic nitrogens is 2. The maximum Gasteiger partial charge on any atom is 0.237 e. The van der Waals surface area contributed by atoms with Crippen LogP contribution in [0.1, 0.15) is 20.8 Å². The number of para-hydroxylation sites is 2. The van der Waals surface area contributed by atoms with E-state index in [0.717, 1.165) is 60.4 Å². The first-order chi connectivity index (χ1) is 15.0. The summed E-state index contributed by atoms with van der Waals surface area (Å²) in [6.07, 6.45) is 0. The van der Waals surface area contributed by atoms with Crippen LogP contribution in [0.3, 0.4) is 0 Å². The first kappa shape index (κ1) is 21.7. The third kappa shape index (κ3) is 5.22. The van der Waals surface area contributed by atoms with Gasteiger partial charge in [-0.15, -0.1) is 0 Å². The number of anilines is 2. The summed E-state index contributed by atoms with van der Waals surface area (Å²) >= 11 is 1.51. The Balaban J connectivity index is 1.43. The molecule has 6 nitrogen and oxygen atoms in total. The number of rotatable bonds is 7. The molecule has 164 valence electrons. The number of nitrogens with one attached hydrogen (secondary N) is 1. The number of morpholine rings is 1. The van der Waals surface area contributed by atoms with Gasteiger partial charge in [0.1, 0.15) is 0 Å². The van der Waals surface area contributed by atoms with E-state index in [4.69, 9.17) is 9.72 Å². The molecule has 0 radical (unpaired) electrons. The van der Waals surface area contributed by atoms with Crippen LogP contribution in [0.5, 0.6) is 0 Å². The number of thioether (sulfide) groups is 1. The average Bonchev–Trinajstić information content (AvgIpc) is 3.11. The van der Waals surface area contributed by atoms with Crippen LogP contribution in [0.15, 0.2) is 53.7 Å². The number of hydrogen-bond donors (Lipinski definition) is 1. The predicted octanol–water partition coefficient (Wildman–Crippen LogP) is 4.65. The van der Waals surface area contributed by atoms with Gasteiger partial charge in [-0.2, -0.15) is 0 Å². The average molecular weight is 439 g/mol. The SMILES string of the molecule is CC(C)Cn1c(S[C@@H](C)C(=O)Nc2ccc(N3CCOCC3)cc2)nc2ccccc21. The summed E-state index contributed by atoms with van der Waals surface area (Å²) in [5, 5.41) is 3.67.